The van der Waals surface area contributed by atoms with E-state index in [1.807, 2.05) is 24.4 Å². The Hall–Kier alpha value is -1.56. The highest BCUT2D eigenvalue weighted by Gasteiger charge is 2.14. The van der Waals surface area contributed by atoms with Gasteiger partial charge in [0.2, 0.25) is 0 Å². The van der Waals surface area contributed by atoms with Gasteiger partial charge in [0, 0.05) is 17.5 Å². The summed E-state index contributed by atoms with van der Waals surface area (Å²) in [4.78, 5) is 23.5. The second kappa shape index (κ2) is 8.53. The molecule has 5 nitrogen and oxygen atoms in total. The van der Waals surface area contributed by atoms with Crippen molar-refractivity contribution in [1.82, 2.24) is 10.6 Å². The number of nitrogens with one attached hydrogen (secondary N) is 2. The maximum absolute atomic E-state index is 11.6. The van der Waals surface area contributed by atoms with E-state index < -0.39 is 5.97 Å². The summed E-state index contributed by atoms with van der Waals surface area (Å²) < 4.78 is 0. The fourth-order valence-electron chi connectivity index (χ4n) is 1.77. The van der Waals surface area contributed by atoms with Gasteiger partial charge in [-0.05, 0) is 24.3 Å². The van der Waals surface area contributed by atoms with Crippen molar-refractivity contribution >= 4 is 23.3 Å². The zero-order valence-corrected chi connectivity index (χ0v) is 11.8. The van der Waals surface area contributed by atoms with Crippen molar-refractivity contribution in [2.75, 3.05) is 6.54 Å². The zero-order valence-electron chi connectivity index (χ0n) is 11.0. The number of carboxylic acid groups (broad SMARTS) is 1. The molecule has 0 radical (unpaired) electrons. The van der Waals surface area contributed by atoms with Crippen LogP contribution < -0.4 is 10.6 Å². The lowest BCUT2D eigenvalue weighted by atomic mass is 10.1. The average molecular weight is 284 g/mol. The van der Waals surface area contributed by atoms with E-state index in [1.54, 1.807) is 11.3 Å². The molecular formula is C13H20N2O3S. The van der Waals surface area contributed by atoms with E-state index in [-0.39, 0.29) is 18.5 Å². The van der Waals surface area contributed by atoms with Gasteiger partial charge < -0.3 is 15.7 Å². The first-order valence-corrected chi connectivity index (χ1v) is 7.28. The molecule has 0 bridgehead atoms. The fourth-order valence-corrected chi connectivity index (χ4v) is 2.48. The van der Waals surface area contributed by atoms with Gasteiger partial charge in [0.1, 0.15) is 0 Å². The van der Waals surface area contributed by atoms with Crippen molar-refractivity contribution < 1.29 is 14.7 Å². The van der Waals surface area contributed by atoms with Crippen molar-refractivity contribution in [1.29, 1.82) is 0 Å². The molecule has 1 atom stereocenters. The van der Waals surface area contributed by atoms with Crippen LogP contribution in [0, 0.1) is 0 Å². The molecule has 1 unspecified atom stereocenters. The first-order valence-electron chi connectivity index (χ1n) is 6.40. The standard InChI is InChI=1S/C13H20N2O3S/c1-2-4-10(9-12(16)17)15-13(18)14-7-6-11-5-3-8-19-11/h3,5,8,10H,2,4,6-7,9H2,1H3,(H,16,17)(H2,14,15,18). The van der Waals surface area contributed by atoms with E-state index in [4.69, 9.17) is 5.11 Å². The molecule has 2 amide bonds. The highest BCUT2D eigenvalue weighted by molar-refractivity contribution is 7.09. The lowest BCUT2D eigenvalue weighted by Crippen LogP contribution is -2.43. The van der Waals surface area contributed by atoms with Crippen LogP contribution in [0.1, 0.15) is 31.1 Å². The van der Waals surface area contributed by atoms with Gasteiger partial charge in [0.05, 0.1) is 6.42 Å². The summed E-state index contributed by atoms with van der Waals surface area (Å²) >= 11 is 1.66. The number of hydrogen-bond acceptors (Lipinski definition) is 3. The number of urea groups is 1. The Bertz CT molecular complexity index is 393. The van der Waals surface area contributed by atoms with Crippen LogP contribution in [0.25, 0.3) is 0 Å². The molecule has 0 aliphatic heterocycles. The number of rotatable bonds is 8. The maximum atomic E-state index is 11.6. The maximum Gasteiger partial charge on any atom is 0.315 e. The molecule has 0 fully saturated rings. The van der Waals surface area contributed by atoms with E-state index in [0.717, 1.165) is 12.8 Å². The van der Waals surface area contributed by atoms with Gasteiger partial charge >= 0.3 is 12.0 Å². The van der Waals surface area contributed by atoms with E-state index in [0.29, 0.717) is 13.0 Å². The number of hydrogen-bond donors (Lipinski definition) is 3. The quantitative estimate of drug-likeness (QED) is 0.685. The Balaban J connectivity index is 2.25. The molecule has 0 saturated heterocycles. The average Bonchev–Trinajstić information content (AvgIpc) is 2.81. The molecule has 1 heterocycles. The first kappa shape index (κ1) is 15.5. The summed E-state index contributed by atoms with van der Waals surface area (Å²) in [5, 5.41) is 16.2. The molecule has 3 N–H and O–H groups in total. The van der Waals surface area contributed by atoms with Crippen molar-refractivity contribution in [3.05, 3.63) is 22.4 Å². The molecule has 19 heavy (non-hydrogen) atoms. The monoisotopic (exact) mass is 284 g/mol. The molecule has 0 spiro atoms. The van der Waals surface area contributed by atoms with E-state index >= 15 is 0 Å². The van der Waals surface area contributed by atoms with Crippen LogP contribution in [0.4, 0.5) is 4.79 Å². The molecule has 6 heteroatoms. The fraction of sp³-hybridized carbons (Fsp3) is 0.538. The second-order valence-electron chi connectivity index (χ2n) is 4.31. The lowest BCUT2D eigenvalue weighted by Gasteiger charge is -2.16. The normalized spacial score (nSPS) is 11.8. The highest BCUT2D eigenvalue weighted by atomic mass is 32.1. The van der Waals surface area contributed by atoms with Gasteiger partial charge in [-0.15, -0.1) is 11.3 Å². The smallest absolute Gasteiger partial charge is 0.315 e. The summed E-state index contributed by atoms with van der Waals surface area (Å²) in [6, 6.07) is 3.40. The van der Waals surface area contributed by atoms with E-state index in [2.05, 4.69) is 10.6 Å². The van der Waals surface area contributed by atoms with Crippen LogP contribution in [-0.2, 0) is 11.2 Å². The van der Waals surface area contributed by atoms with Crippen LogP contribution in [0.2, 0.25) is 0 Å². The summed E-state index contributed by atoms with van der Waals surface area (Å²) in [5.41, 5.74) is 0. The van der Waals surface area contributed by atoms with E-state index in [1.165, 1.54) is 4.88 Å². The minimum Gasteiger partial charge on any atom is -0.481 e. The van der Waals surface area contributed by atoms with Crippen molar-refractivity contribution in [2.45, 2.75) is 38.6 Å². The number of carboxylic acids is 1. The molecule has 1 rings (SSSR count). The number of carbonyl (C=O) groups is 2. The van der Waals surface area contributed by atoms with Crippen LogP contribution in [0.15, 0.2) is 17.5 Å². The Kier molecular flexibility index (Phi) is 6.95. The zero-order chi connectivity index (χ0) is 14.1. The summed E-state index contributed by atoms with van der Waals surface area (Å²) in [5.74, 6) is -0.891. The number of aliphatic carboxylic acids is 1. The van der Waals surface area contributed by atoms with Crippen LogP contribution in [0.3, 0.4) is 0 Å². The molecule has 1 aromatic rings. The lowest BCUT2D eigenvalue weighted by molar-refractivity contribution is -0.137. The van der Waals surface area contributed by atoms with Crippen molar-refractivity contribution in [2.24, 2.45) is 0 Å². The Morgan fingerprint density at radius 1 is 1.47 bits per heavy atom. The third-order valence-corrected chi connectivity index (χ3v) is 3.57. The third-order valence-electron chi connectivity index (χ3n) is 2.63. The summed E-state index contributed by atoms with van der Waals surface area (Å²) in [7, 11) is 0. The highest BCUT2D eigenvalue weighted by Crippen LogP contribution is 2.08. The summed E-state index contributed by atoms with van der Waals surface area (Å²) in [6.45, 7) is 2.52. The molecule has 0 aromatic carbocycles. The second-order valence-corrected chi connectivity index (χ2v) is 5.35. The number of carbonyl (C=O) groups excluding carboxylic acids is 1. The van der Waals surface area contributed by atoms with Gasteiger partial charge in [-0.25, -0.2) is 4.79 Å². The predicted molar refractivity (Wildman–Crippen MR) is 75.5 cm³/mol. The van der Waals surface area contributed by atoms with Crippen molar-refractivity contribution in [3.63, 3.8) is 0 Å². The van der Waals surface area contributed by atoms with Crippen LogP contribution >= 0.6 is 11.3 Å². The minimum atomic E-state index is -0.891. The first-order chi connectivity index (χ1) is 9.11. The number of amides is 2. The molecular weight excluding hydrogens is 264 g/mol. The largest absolute Gasteiger partial charge is 0.481 e. The molecule has 1 aromatic heterocycles. The van der Waals surface area contributed by atoms with Gasteiger partial charge in [-0.3, -0.25) is 4.79 Å². The summed E-state index contributed by atoms with van der Waals surface area (Å²) in [6.07, 6.45) is 2.27. The molecule has 0 saturated carbocycles. The van der Waals surface area contributed by atoms with Crippen LogP contribution in [-0.4, -0.2) is 29.7 Å². The van der Waals surface area contributed by atoms with Gasteiger partial charge in [-0.1, -0.05) is 19.4 Å². The SMILES string of the molecule is CCCC(CC(=O)O)NC(=O)NCCc1cccs1. The van der Waals surface area contributed by atoms with Crippen LogP contribution in [0.5, 0.6) is 0 Å². The Morgan fingerprint density at radius 2 is 2.26 bits per heavy atom. The Labute approximate surface area is 117 Å². The molecule has 0 aliphatic carbocycles. The van der Waals surface area contributed by atoms with E-state index in [9.17, 15) is 9.59 Å². The van der Waals surface area contributed by atoms with Gasteiger partial charge in [0.25, 0.3) is 0 Å². The van der Waals surface area contributed by atoms with Gasteiger partial charge in [-0.2, -0.15) is 0 Å². The van der Waals surface area contributed by atoms with Crippen molar-refractivity contribution in [3.8, 4) is 0 Å². The molecule has 0 aliphatic rings. The minimum absolute atomic E-state index is 0.0355. The molecule has 106 valence electrons. The van der Waals surface area contributed by atoms with Gasteiger partial charge in [0.15, 0.2) is 0 Å². The topological polar surface area (TPSA) is 78.4 Å². The third kappa shape index (κ3) is 6.81. The Morgan fingerprint density at radius 3 is 2.84 bits per heavy atom. The predicted octanol–water partition coefficient (Wildman–Crippen LogP) is 2.23. The number of thiophene rings is 1.